The fraction of sp³-hybridized carbons (Fsp3) is 0.368. The van der Waals surface area contributed by atoms with E-state index in [-0.39, 0.29) is 16.9 Å². The maximum absolute atomic E-state index is 11.5. The highest BCUT2D eigenvalue weighted by molar-refractivity contribution is 5.25. The Labute approximate surface area is 142 Å². The Morgan fingerprint density at radius 3 is 2.38 bits per heavy atom. The van der Waals surface area contributed by atoms with Crippen LogP contribution in [0.2, 0.25) is 0 Å². The Kier molecular flexibility index (Phi) is 5.23. The molecule has 0 aliphatic carbocycles. The lowest BCUT2D eigenvalue weighted by Crippen LogP contribution is -2.34. The molecule has 0 radical (unpaired) electrons. The summed E-state index contributed by atoms with van der Waals surface area (Å²) in [5, 5.41) is 11.5. The average Bonchev–Trinajstić information content (AvgIpc) is 2.94. The number of likely N-dealkylation sites (N-methyl/N-ethyl adjacent to an activating group) is 1. The van der Waals surface area contributed by atoms with Crippen molar-refractivity contribution in [3.63, 3.8) is 0 Å². The molecule has 2 aromatic rings. The van der Waals surface area contributed by atoms with Crippen molar-refractivity contribution in [2.45, 2.75) is 24.6 Å². The van der Waals surface area contributed by atoms with E-state index < -0.39 is 6.04 Å². The van der Waals surface area contributed by atoms with Gasteiger partial charge in [0.1, 0.15) is 0 Å². The van der Waals surface area contributed by atoms with Crippen molar-refractivity contribution in [1.82, 2.24) is 4.90 Å². The molecule has 126 valence electrons. The summed E-state index contributed by atoms with van der Waals surface area (Å²) < 4.78 is 5.89. The fourth-order valence-corrected chi connectivity index (χ4v) is 3.49. The molecule has 2 aromatic carbocycles. The second kappa shape index (κ2) is 7.55. The van der Waals surface area contributed by atoms with Crippen LogP contribution in [0.25, 0.3) is 0 Å². The van der Waals surface area contributed by atoms with Gasteiger partial charge >= 0.3 is 0 Å². The molecule has 1 aliphatic heterocycles. The SMILES string of the molecule is CN1C[C@@H]([N+](=O)[O-])[C@H](c2ccccc2)[C@H]1COCc1ccccc1. The van der Waals surface area contributed by atoms with E-state index in [1.807, 2.05) is 67.7 Å². The zero-order chi connectivity index (χ0) is 16.9. The van der Waals surface area contributed by atoms with Gasteiger partial charge in [-0.25, -0.2) is 0 Å². The molecule has 0 saturated carbocycles. The molecule has 0 N–H and O–H groups in total. The van der Waals surface area contributed by atoms with Crippen molar-refractivity contribution in [2.75, 3.05) is 20.2 Å². The van der Waals surface area contributed by atoms with E-state index in [4.69, 9.17) is 4.74 Å². The van der Waals surface area contributed by atoms with Crippen molar-refractivity contribution in [3.8, 4) is 0 Å². The van der Waals surface area contributed by atoms with Gasteiger partial charge in [0.05, 0.1) is 25.7 Å². The number of likely N-dealkylation sites (tertiary alicyclic amines) is 1. The van der Waals surface area contributed by atoms with Crippen molar-refractivity contribution in [2.24, 2.45) is 0 Å². The van der Waals surface area contributed by atoms with Crippen LogP contribution in [0.15, 0.2) is 60.7 Å². The second-order valence-electron chi connectivity index (χ2n) is 6.30. The second-order valence-corrected chi connectivity index (χ2v) is 6.30. The van der Waals surface area contributed by atoms with Crippen LogP contribution in [0.1, 0.15) is 17.0 Å². The fourth-order valence-electron chi connectivity index (χ4n) is 3.49. The molecular weight excluding hydrogens is 304 g/mol. The number of rotatable bonds is 6. The molecule has 1 heterocycles. The van der Waals surface area contributed by atoms with Crippen LogP contribution >= 0.6 is 0 Å². The summed E-state index contributed by atoms with van der Waals surface area (Å²) in [5.41, 5.74) is 2.12. The van der Waals surface area contributed by atoms with E-state index >= 15 is 0 Å². The molecule has 3 rings (SSSR count). The van der Waals surface area contributed by atoms with Gasteiger partial charge in [-0.2, -0.15) is 0 Å². The van der Waals surface area contributed by atoms with Crippen LogP contribution in [0.4, 0.5) is 0 Å². The highest BCUT2D eigenvalue weighted by Crippen LogP contribution is 2.34. The zero-order valence-corrected chi connectivity index (χ0v) is 13.7. The lowest BCUT2D eigenvalue weighted by atomic mass is 9.89. The summed E-state index contributed by atoms with van der Waals surface area (Å²) in [6.07, 6.45) is 0. The standard InChI is InChI=1S/C19H22N2O3/c1-20-12-17(21(22)23)19(16-10-6-3-7-11-16)18(20)14-24-13-15-8-4-2-5-9-15/h2-11,17-19H,12-14H2,1H3/t17-,18-,19+/m1/s1. The van der Waals surface area contributed by atoms with Gasteiger partial charge in [0.15, 0.2) is 0 Å². The minimum Gasteiger partial charge on any atom is -0.375 e. The molecule has 1 saturated heterocycles. The number of ether oxygens (including phenoxy) is 1. The number of hydrogen-bond donors (Lipinski definition) is 0. The van der Waals surface area contributed by atoms with Gasteiger partial charge in [0, 0.05) is 11.0 Å². The topological polar surface area (TPSA) is 55.6 Å². The summed E-state index contributed by atoms with van der Waals surface area (Å²) >= 11 is 0. The van der Waals surface area contributed by atoms with Crippen LogP contribution in [0.3, 0.4) is 0 Å². The van der Waals surface area contributed by atoms with Crippen LogP contribution in [0, 0.1) is 10.1 Å². The van der Waals surface area contributed by atoms with Gasteiger partial charge in [-0.05, 0) is 18.2 Å². The monoisotopic (exact) mass is 326 g/mol. The smallest absolute Gasteiger partial charge is 0.233 e. The maximum atomic E-state index is 11.5. The van der Waals surface area contributed by atoms with E-state index in [0.29, 0.717) is 19.8 Å². The normalized spacial score (nSPS) is 24.1. The molecular formula is C19H22N2O3. The highest BCUT2D eigenvalue weighted by atomic mass is 16.6. The van der Waals surface area contributed by atoms with E-state index in [1.54, 1.807) is 0 Å². The molecule has 1 fully saturated rings. The van der Waals surface area contributed by atoms with E-state index in [9.17, 15) is 10.1 Å². The third-order valence-corrected chi connectivity index (χ3v) is 4.73. The molecule has 0 bridgehead atoms. The first-order chi connectivity index (χ1) is 11.7. The highest BCUT2D eigenvalue weighted by Gasteiger charge is 2.47. The third kappa shape index (κ3) is 3.63. The predicted molar refractivity (Wildman–Crippen MR) is 92.5 cm³/mol. The Bertz CT molecular complexity index is 663. The molecule has 24 heavy (non-hydrogen) atoms. The zero-order valence-electron chi connectivity index (χ0n) is 13.7. The average molecular weight is 326 g/mol. The van der Waals surface area contributed by atoms with Crippen LogP contribution in [-0.2, 0) is 11.3 Å². The minimum absolute atomic E-state index is 0.00603. The summed E-state index contributed by atoms with van der Waals surface area (Å²) in [7, 11) is 1.94. The van der Waals surface area contributed by atoms with Gasteiger partial charge in [0.25, 0.3) is 0 Å². The summed E-state index contributed by atoms with van der Waals surface area (Å²) in [4.78, 5) is 13.4. The van der Waals surface area contributed by atoms with Crippen molar-refractivity contribution >= 4 is 0 Å². The molecule has 5 nitrogen and oxygen atoms in total. The molecule has 0 spiro atoms. The van der Waals surface area contributed by atoms with Gasteiger partial charge in [-0.3, -0.25) is 15.0 Å². The molecule has 3 atom stereocenters. The minimum atomic E-state index is -0.595. The largest absolute Gasteiger partial charge is 0.375 e. The van der Waals surface area contributed by atoms with Crippen LogP contribution in [-0.4, -0.2) is 42.1 Å². The Hall–Kier alpha value is -2.24. The van der Waals surface area contributed by atoms with Crippen molar-refractivity contribution in [3.05, 3.63) is 81.9 Å². The maximum Gasteiger partial charge on any atom is 0.233 e. The molecule has 0 amide bonds. The first-order valence-corrected chi connectivity index (χ1v) is 8.17. The lowest BCUT2D eigenvalue weighted by Gasteiger charge is -2.24. The quantitative estimate of drug-likeness (QED) is 0.605. The van der Waals surface area contributed by atoms with Crippen molar-refractivity contribution < 1.29 is 9.66 Å². The number of benzene rings is 2. The summed E-state index contributed by atoms with van der Waals surface area (Å²) in [6, 6.07) is 19.2. The van der Waals surface area contributed by atoms with Crippen LogP contribution < -0.4 is 0 Å². The predicted octanol–water partition coefficient (Wildman–Crippen LogP) is 2.95. The summed E-state index contributed by atoms with van der Waals surface area (Å²) in [5.74, 6) is -0.151. The first kappa shape index (κ1) is 16.6. The lowest BCUT2D eigenvalue weighted by molar-refractivity contribution is -0.521. The van der Waals surface area contributed by atoms with E-state index in [2.05, 4.69) is 4.90 Å². The number of hydrogen-bond acceptors (Lipinski definition) is 4. The summed E-state index contributed by atoms with van der Waals surface area (Å²) in [6.45, 7) is 1.46. The number of nitrogens with zero attached hydrogens (tertiary/aromatic N) is 2. The van der Waals surface area contributed by atoms with Crippen molar-refractivity contribution in [1.29, 1.82) is 0 Å². The van der Waals surface area contributed by atoms with Crippen LogP contribution in [0.5, 0.6) is 0 Å². The van der Waals surface area contributed by atoms with Gasteiger partial charge in [0.2, 0.25) is 6.04 Å². The van der Waals surface area contributed by atoms with Gasteiger partial charge < -0.3 is 4.74 Å². The van der Waals surface area contributed by atoms with E-state index in [0.717, 1.165) is 11.1 Å². The molecule has 1 aliphatic rings. The first-order valence-electron chi connectivity index (χ1n) is 8.17. The Balaban J connectivity index is 1.72. The van der Waals surface area contributed by atoms with E-state index in [1.165, 1.54) is 0 Å². The molecule has 5 heteroatoms. The molecule has 0 aromatic heterocycles. The Morgan fingerprint density at radius 1 is 1.12 bits per heavy atom. The third-order valence-electron chi connectivity index (χ3n) is 4.73. The van der Waals surface area contributed by atoms with Gasteiger partial charge in [-0.15, -0.1) is 0 Å². The Morgan fingerprint density at radius 2 is 1.75 bits per heavy atom. The number of nitro groups is 1. The van der Waals surface area contributed by atoms with Gasteiger partial charge in [-0.1, -0.05) is 60.7 Å². The molecule has 0 unspecified atom stereocenters.